The summed E-state index contributed by atoms with van der Waals surface area (Å²) in [6.45, 7) is 0. The van der Waals surface area contributed by atoms with Crippen LogP contribution in [-0.4, -0.2) is 39.8 Å². The highest BCUT2D eigenvalue weighted by atomic mass is 32.2. The maximum absolute atomic E-state index is 12.1. The SMILES string of the molecule is COc1ccc(C(=O)Nc2c(N)nc(SCC(=O)O)[nH]c2=O)cc1. The van der Waals surface area contributed by atoms with E-state index in [1.165, 1.54) is 19.2 Å². The number of methoxy groups -OCH3 is 1. The summed E-state index contributed by atoms with van der Waals surface area (Å²) in [4.78, 5) is 40.9. The fourth-order valence-electron chi connectivity index (χ4n) is 1.72. The second kappa shape index (κ2) is 7.51. The van der Waals surface area contributed by atoms with Crippen molar-refractivity contribution in [2.75, 3.05) is 23.9 Å². The normalized spacial score (nSPS) is 10.2. The van der Waals surface area contributed by atoms with Gasteiger partial charge >= 0.3 is 5.97 Å². The van der Waals surface area contributed by atoms with Gasteiger partial charge in [0.25, 0.3) is 11.5 Å². The molecule has 0 atom stereocenters. The predicted octanol–water partition coefficient (Wildman–Crippen LogP) is 0.790. The molecule has 0 radical (unpaired) electrons. The van der Waals surface area contributed by atoms with Crippen molar-refractivity contribution in [3.63, 3.8) is 0 Å². The van der Waals surface area contributed by atoms with Gasteiger partial charge in [-0.25, -0.2) is 4.98 Å². The van der Waals surface area contributed by atoms with Crippen LogP contribution in [0.5, 0.6) is 5.75 Å². The van der Waals surface area contributed by atoms with E-state index < -0.39 is 17.4 Å². The van der Waals surface area contributed by atoms with Crippen LogP contribution in [0.2, 0.25) is 0 Å². The zero-order valence-corrected chi connectivity index (χ0v) is 13.3. The number of H-pyrrole nitrogens is 1. The number of benzene rings is 1. The molecule has 0 fully saturated rings. The van der Waals surface area contributed by atoms with E-state index in [1.54, 1.807) is 12.1 Å². The second-order valence-electron chi connectivity index (χ2n) is 4.50. The Morgan fingerprint density at radius 2 is 2.04 bits per heavy atom. The average molecular weight is 350 g/mol. The number of carboxylic acids is 1. The Morgan fingerprint density at radius 1 is 1.38 bits per heavy atom. The number of aliphatic carboxylic acids is 1. The summed E-state index contributed by atoms with van der Waals surface area (Å²) in [5.41, 5.74) is 5.11. The Labute approximate surface area is 140 Å². The number of carboxylic acid groups (broad SMARTS) is 1. The van der Waals surface area contributed by atoms with Gasteiger partial charge in [-0.15, -0.1) is 0 Å². The molecule has 0 spiro atoms. The van der Waals surface area contributed by atoms with Gasteiger partial charge in [-0.05, 0) is 24.3 Å². The van der Waals surface area contributed by atoms with Crippen molar-refractivity contribution in [3.05, 3.63) is 40.2 Å². The Kier molecular flexibility index (Phi) is 5.42. The average Bonchev–Trinajstić information content (AvgIpc) is 2.56. The fraction of sp³-hybridized carbons (Fsp3) is 0.143. The number of hydrogen-bond donors (Lipinski definition) is 4. The van der Waals surface area contributed by atoms with Crippen molar-refractivity contribution in [3.8, 4) is 5.75 Å². The van der Waals surface area contributed by atoms with Crippen molar-refractivity contribution in [2.45, 2.75) is 5.16 Å². The zero-order chi connectivity index (χ0) is 17.7. The largest absolute Gasteiger partial charge is 0.497 e. The minimum absolute atomic E-state index is 0.0577. The molecule has 0 aliphatic heterocycles. The number of aromatic amines is 1. The van der Waals surface area contributed by atoms with Crippen molar-refractivity contribution in [2.24, 2.45) is 0 Å². The van der Waals surface area contributed by atoms with Gasteiger partial charge in [-0.3, -0.25) is 19.4 Å². The summed E-state index contributed by atoms with van der Waals surface area (Å²) >= 11 is 0.812. The molecule has 10 heteroatoms. The van der Waals surface area contributed by atoms with Crippen LogP contribution in [0, 0.1) is 0 Å². The van der Waals surface area contributed by atoms with Crippen LogP contribution in [-0.2, 0) is 4.79 Å². The second-order valence-corrected chi connectivity index (χ2v) is 5.46. The number of nitrogens with one attached hydrogen (secondary N) is 2. The topological polar surface area (TPSA) is 147 Å². The molecule has 0 saturated heterocycles. The number of hydrogen-bond acceptors (Lipinski definition) is 7. The molecule has 1 amide bonds. The van der Waals surface area contributed by atoms with Crippen LogP contribution in [0.1, 0.15) is 10.4 Å². The lowest BCUT2D eigenvalue weighted by molar-refractivity contribution is -0.133. The van der Waals surface area contributed by atoms with Gasteiger partial charge in [0.15, 0.2) is 11.0 Å². The predicted molar refractivity (Wildman–Crippen MR) is 88.6 cm³/mol. The molecule has 1 aromatic carbocycles. The van der Waals surface area contributed by atoms with Crippen LogP contribution in [0.25, 0.3) is 0 Å². The molecule has 5 N–H and O–H groups in total. The lowest BCUT2D eigenvalue weighted by Crippen LogP contribution is -2.23. The lowest BCUT2D eigenvalue weighted by atomic mass is 10.2. The third-order valence-electron chi connectivity index (χ3n) is 2.85. The van der Waals surface area contributed by atoms with Gasteiger partial charge in [-0.2, -0.15) is 0 Å². The highest BCUT2D eigenvalue weighted by Gasteiger charge is 2.14. The third-order valence-corrected chi connectivity index (χ3v) is 3.71. The van der Waals surface area contributed by atoms with E-state index >= 15 is 0 Å². The van der Waals surface area contributed by atoms with E-state index in [0.29, 0.717) is 11.3 Å². The molecule has 24 heavy (non-hydrogen) atoms. The number of carbonyl (C=O) groups is 2. The molecule has 0 aliphatic rings. The van der Waals surface area contributed by atoms with E-state index in [1.807, 2.05) is 0 Å². The Morgan fingerprint density at radius 3 is 2.58 bits per heavy atom. The van der Waals surface area contributed by atoms with E-state index in [-0.39, 0.29) is 22.4 Å². The molecule has 9 nitrogen and oxygen atoms in total. The van der Waals surface area contributed by atoms with Crippen LogP contribution >= 0.6 is 11.8 Å². The van der Waals surface area contributed by atoms with Gasteiger partial charge in [0.05, 0.1) is 12.9 Å². The Bertz CT molecular complexity index is 819. The number of nitrogen functional groups attached to an aromatic ring is 1. The first-order valence-electron chi connectivity index (χ1n) is 6.60. The van der Waals surface area contributed by atoms with Crippen molar-refractivity contribution >= 4 is 35.1 Å². The summed E-state index contributed by atoms with van der Waals surface area (Å²) in [6.07, 6.45) is 0. The lowest BCUT2D eigenvalue weighted by Gasteiger charge is -2.08. The highest BCUT2D eigenvalue weighted by molar-refractivity contribution is 7.99. The summed E-state index contributed by atoms with van der Waals surface area (Å²) < 4.78 is 5.00. The molecular weight excluding hydrogens is 336 g/mol. The number of thioether (sulfide) groups is 1. The molecular formula is C14H14N4O5S. The number of anilines is 2. The molecule has 2 rings (SSSR count). The monoisotopic (exact) mass is 350 g/mol. The van der Waals surface area contributed by atoms with Crippen LogP contribution < -0.4 is 21.3 Å². The minimum atomic E-state index is -1.06. The quantitative estimate of drug-likeness (QED) is 0.441. The Balaban J connectivity index is 2.18. The Hall–Kier alpha value is -3.01. The van der Waals surface area contributed by atoms with Gasteiger partial charge in [0, 0.05) is 5.56 Å². The summed E-state index contributed by atoms with van der Waals surface area (Å²) in [5, 5.41) is 11.1. The molecule has 2 aromatic rings. The van der Waals surface area contributed by atoms with E-state index in [4.69, 9.17) is 15.6 Å². The molecule has 0 unspecified atom stereocenters. The smallest absolute Gasteiger partial charge is 0.313 e. The molecule has 1 heterocycles. The number of carbonyl (C=O) groups excluding carboxylic acids is 1. The molecule has 126 valence electrons. The molecule has 0 aliphatic carbocycles. The highest BCUT2D eigenvalue weighted by Crippen LogP contribution is 2.18. The van der Waals surface area contributed by atoms with Gasteiger partial charge in [0.2, 0.25) is 0 Å². The van der Waals surface area contributed by atoms with Crippen LogP contribution in [0.3, 0.4) is 0 Å². The maximum atomic E-state index is 12.1. The number of amides is 1. The van der Waals surface area contributed by atoms with E-state index in [9.17, 15) is 14.4 Å². The van der Waals surface area contributed by atoms with Crippen molar-refractivity contribution in [1.29, 1.82) is 0 Å². The third kappa shape index (κ3) is 4.26. The van der Waals surface area contributed by atoms with Crippen LogP contribution in [0.4, 0.5) is 11.5 Å². The number of aromatic nitrogens is 2. The summed E-state index contributed by atoms with van der Waals surface area (Å²) in [6, 6.07) is 6.27. The number of ether oxygens (including phenoxy) is 1. The van der Waals surface area contributed by atoms with Gasteiger partial charge in [-0.1, -0.05) is 11.8 Å². The fourth-order valence-corrected chi connectivity index (χ4v) is 2.30. The standard InChI is InChI=1S/C14H14N4O5S/c1-23-8-4-2-7(3-5-8)12(21)16-10-11(15)17-14(18-13(10)22)24-6-9(19)20/h2-5H,6H2,1H3,(H,16,21)(H,19,20)(H3,15,17,18,22). The maximum Gasteiger partial charge on any atom is 0.313 e. The number of nitrogens with two attached hydrogens (primary N) is 1. The first-order valence-corrected chi connectivity index (χ1v) is 7.59. The first-order chi connectivity index (χ1) is 11.4. The molecule has 1 aromatic heterocycles. The molecule has 0 saturated carbocycles. The summed E-state index contributed by atoms with van der Waals surface area (Å²) in [5.74, 6) is -1.49. The van der Waals surface area contributed by atoms with E-state index in [0.717, 1.165) is 11.8 Å². The minimum Gasteiger partial charge on any atom is -0.497 e. The van der Waals surface area contributed by atoms with E-state index in [2.05, 4.69) is 15.3 Å². The van der Waals surface area contributed by atoms with Gasteiger partial charge < -0.3 is 20.9 Å². The number of nitrogens with zero attached hydrogens (tertiary/aromatic N) is 1. The van der Waals surface area contributed by atoms with Crippen molar-refractivity contribution in [1.82, 2.24) is 9.97 Å². The molecule has 0 bridgehead atoms. The number of rotatable bonds is 6. The zero-order valence-electron chi connectivity index (χ0n) is 12.5. The van der Waals surface area contributed by atoms with Crippen molar-refractivity contribution < 1.29 is 19.4 Å². The van der Waals surface area contributed by atoms with Crippen LogP contribution in [0.15, 0.2) is 34.2 Å². The summed E-state index contributed by atoms with van der Waals surface area (Å²) in [7, 11) is 1.50. The van der Waals surface area contributed by atoms with Gasteiger partial charge in [0.1, 0.15) is 11.4 Å². The first kappa shape index (κ1) is 17.3.